The van der Waals surface area contributed by atoms with E-state index in [1.807, 2.05) is 13.8 Å². The highest BCUT2D eigenvalue weighted by atomic mass is 16.6. The number of carbonyl (C=O) groups is 1. The second kappa shape index (κ2) is 1.45. The molecule has 0 spiro atoms. The molecule has 0 bridgehead atoms. The Morgan fingerprint density at radius 3 is 2.50 bits per heavy atom. The van der Waals surface area contributed by atoms with E-state index in [0.717, 1.165) is 0 Å². The average molecular weight is 115 g/mol. The molecule has 0 aromatic carbocycles. The van der Waals surface area contributed by atoms with Gasteiger partial charge in [0.1, 0.15) is 0 Å². The number of rotatable bonds is 0. The van der Waals surface area contributed by atoms with E-state index in [9.17, 15) is 4.79 Å². The molecule has 1 rings (SSSR count). The highest BCUT2D eigenvalue weighted by molar-refractivity contribution is 5.74. The lowest BCUT2D eigenvalue weighted by Gasteiger charge is -2.14. The van der Waals surface area contributed by atoms with Crippen molar-refractivity contribution in [2.75, 3.05) is 6.54 Å². The Morgan fingerprint density at radius 2 is 2.38 bits per heavy atom. The van der Waals surface area contributed by atoms with E-state index in [2.05, 4.69) is 5.32 Å². The van der Waals surface area contributed by atoms with Gasteiger partial charge in [0, 0.05) is 0 Å². The van der Waals surface area contributed by atoms with Crippen LogP contribution in [0.5, 0.6) is 0 Å². The Bertz CT molecular complexity index is 120. The summed E-state index contributed by atoms with van der Waals surface area (Å²) in [4.78, 5) is 10.4. The third-order valence-corrected chi connectivity index (χ3v) is 1.03. The second-order valence-electron chi connectivity index (χ2n) is 2.34. The van der Waals surface area contributed by atoms with Crippen LogP contribution in [0.25, 0.3) is 0 Å². The van der Waals surface area contributed by atoms with Crippen LogP contribution in [0.2, 0.25) is 0 Å². The molecule has 1 fully saturated rings. The van der Waals surface area contributed by atoms with E-state index in [-0.39, 0.29) is 5.97 Å². The summed E-state index contributed by atoms with van der Waals surface area (Å²) < 4.78 is 4.80. The molecule has 1 N–H and O–H groups in total. The molecule has 0 radical (unpaired) electrons. The van der Waals surface area contributed by atoms with E-state index < -0.39 is 5.72 Å². The smallest absolute Gasteiger partial charge is 0.321 e. The summed E-state index contributed by atoms with van der Waals surface area (Å²) in [5.74, 6) is -0.171. The minimum atomic E-state index is -0.433. The number of hydrogen-bond acceptors (Lipinski definition) is 3. The lowest BCUT2D eigenvalue weighted by atomic mass is 10.3. The van der Waals surface area contributed by atoms with Crippen molar-refractivity contribution in [1.29, 1.82) is 0 Å². The summed E-state index contributed by atoms with van der Waals surface area (Å²) in [7, 11) is 0. The molecule has 0 unspecified atom stereocenters. The van der Waals surface area contributed by atoms with Gasteiger partial charge in [-0.05, 0) is 13.8 Å². The maximum atomic E-state index is 10.4. The summed E-state index contributed by atoms with van der Waals surface area (Å²) in [5.41, 5.74) is -0.433. The zero-order valence-corrected chi connectivity index (χ0v) is 5.02. The van der Waals surface area contributed by atoms with Crippen LogP contribution in [0.1, 0.15) is 13.8 Å². The molecule has 1 aliphatic heterocycles. The number of hydrogen-bond donors (Lipinski definition) is 1. The fourth-order valence-electron chi connectivity index (χ4n) is 0.642. The molecular formula is C5H9NO2. The first-order valence-corrected chi connectivity index (χ1v) is 2.57. The molecule has 0 atom stereocenters. The number of nitrogens with one attached hydrogen (secondary N) is 1. The van der Waals surface area contributed by atoms with E-state index >= 15 is 0 Å². The molecule has 3 nitrogen and oxygen atoms in total. The molecule has 0 aliphatic carbocycles. The molecule has 1 saturated heterocycles. The van der Waals surface area contributed by atoms with Gasteiger partial charge in [0.2, 0.25) is 0 Å². The van der Waals surface area contributed by atoms with E-state index in [1.165, 1.54) is 0 Å². The molecule has 8 heavy (non-hydrogen) atoms. The molecule has 1 aliphatic rings. The van der Waals surface area contributed by atoms with Crippen molar-refractivity contribution in [1.82, 2.24) is 5.32 Å². The zero-order chi connectivity index (χ0) is 6.20. The van der Waals surface area contributed by atoms with Crippen molar-refractivity contribution in [3.63, 3.8) is 0 Å². The van der Waals surface area contributed by atoms with Crippen LogP contribution in [0.15, 0.2) is 0 Å². The monoisotopic (exact) mass is 115 g/mol. The Morgan fingerprint density at radius 1 is 1.75 bits per heavy atom. The molecular weight excluding hydrogens is 106 g/mol. The summed E-state index contributed by atoms with van der Waals surface area (Å²) in [6, 6.07) is 0. The first-order chi connectivity index (χ1) is 3.60. The van der Waals surface area contributed by atoms with Gasteiger partial charge in [0.05, 0.1) is 6.54 Å². The van der Waals surface area contributed by atoms with Crippen molar-refractivity contribution in [2.45, 2.75) is 19.6 Å². The largest absolute Gasteiger partial charge is 0.444 e. The number of cyclic esters (lactones) is 1. The number of esters is 1. The standard InChI is InChI=1S/C5H9NO2/c1-5(2)6-3-4(7)8-5/h6H,3H2,1-2H3. The zero-order valence-electron chi connectivity index (χ0n) is 5.02. The third kappa shape index (κ3) is 0.980. The van der Waals surface area contributed by atoms with Crippen molar-refractivity contribution < 1.29 is 9.53 Å². The summed E-state index contributed by atoms with van der Waals surface area (Å²) >= 11 is 0. The van der Waals surface area contributed by atoms with Gasteiger partial charge in [0.25, 0.3) is 0 Å². The predicted molar refractivity (Wildman–Crippen MR) is 28.2 cm³/mol. The number of carbonyl (C=O) groups excluding carboxylic acids is 1. The van der Waals surface area contributed by atoms with Gasteiger partial charge in [-0.25, -0.2) is 0 Å². The van der Waals surface area contributed by atoms with Crippen LogP contribution in [0.3, 0.4) is 0 Å². The van der Waals surface area contributed by atoms with Crippen LogP contribution >= 0.6 is 0 Å². The van der Waals surface area contributed by atoms with Crippen molar-refractivity contribution in [3.05, 3.63) is 0 Å². The molecule has 3 heteroatoms. The van der Waals surface area contributed by atoms with Gasteiger partial charge in [-0.1, -0.05) is 0 Å². The summed E-state index contributed by atoms with van der Waals surface area (Å²) in [5, 5.41) is 2.87. The topological polar surface area (TPSA) is 38.3 Å². The van der Waals surface area contributed by atoms with Crippen molar-refractivity contribution in [2.24, 2.45) is 0 Å². The van der Waals surface area contributed by atoms with Gasteiger partial charge in [0.15, 0.2) is 5.72 Å². The van der Waals surface area contributed by atoms with Gasteiger partial charge in [-0.15, -0.1) is 0 Å². The minimum Gasteiger partial charge on any atom is -0.444 e. The fourth-order valence-corrected chi connectivity index (χ4v) is 0.642. The third-order valence-electron chi connectivity index (χ3n) is 1.03. The second-order valence-corrected chi connectivity index (χ2v) is 2.34. The maximum absolute atomic E-state index is 10.4. The summed E-state index contributed by atoms with van der Waals surface area (Å²) in [6.45, 7) is 3.98. The van der Waals surface area contributed by atoms with Gasteiger partial charge in [-0.2, -0.15) is 0 Å². The average Bonchev–Trinajstić information content (AvgIpc) is 1.82. The lowest BCUT2D eigenvalue weighted by Crippen LogP contribution is -2.33. The lowest BCUT2D eigenvalue weighted by molar-refractivity contribution is -0.145. The molecule has 0 amide bonds. The van der Waals surface area contributed by atoms with E-state index in [1.54, 1.807) is 0 Å². The van der Waals surface area contributed by atoms with Crippen LogP contribution in [0, 0.1) is 0 Å². The van der Waals surface area contributed by atoms with E-state index in [0.29, 0.717) is 6.54 Å². The minimum absolute atomic E-state index is 0.171. The molecule has 0 aromatic heterocycles. The first-order valence-electron chi connectivity index (χ1n) is 2.57. The molecule has 0 aromatic rings. The van der Waals surface area contributed by atoms with Crippen LogP contribution in [-0.2, 0) is 9.53 Å². The van der Waals surface area contributed by atoms with E-state index in [4.69, 9.17) is 4.74 Å². The SMILES string of the molecule is CC1(C)NCC(=O)O1. The Hall–Kier alpha value is -0.570. The Kier molecular flexibility index (Phi) is 1.01. The normalized spacial score (nSPS) is 25.5. The maximum Gasteiger partial charge on any atom is 0.321 e. The van der Waals surface area contributed by atoms with Crippen molar-refractivity contribution >= 4 is 5.97 Å². The van der Waals surface area contributed by atoms with Crippen LogP contribution in [-0.4, -0.2) is 18.2 Å². The van der Waals surface area contributed by atoms with Crippen LogP contribution in [0.4, 0.5) is 0 Å². The predicted octanol–water partition coefficient (Wildman–Crippen LogP) is -0.131. The number of ether oxygens (including phenoxy) is 1. The quantitative estimate of drug-likeness (QED) is 0.447. The summed E-state index contributed by atoms with van der Waals surface area (Å²) in [6.07, 6.45) is 0. The highest BCUT2D eigenvalue weighted by Gasteiger charge is 2.29. The Labute approximate surface area is 48.0 Å². The van der Waals surface area contributed by atoms with Gasteiger partial charge in [-0.3, -0.25) is 10.1 Å². The van der Waals surface area contributed by atoms with Gasteiger partial charge >= 0.3 is 5.97 Å². The Balaban J connectivity index is 2.56. The highest BCUT2D eigenvalue weighted by Crippen LogP contribution is 2.09. The van der Waals surface area contributed by atoms with Crippen molar-refractivity contribution in [3.8, 4) is 0 Å². The van der Waals surface area contributed by atoms with Gasteiger partial charge < -0.3 is 4.74 Å². The molecule has 46 valence electrons. The first kappa shape index (κ1) is 5.56. The fraction of sp³-hybridized carbons (Fsp3) is 0.800. The molecule has 1 heterocycles. The van der Waals surface area contributed by atoms with Crippen LogP contribution < -0.4 is 5.32 Å². The molecule has 0 saturated carbocycles.